The van der Waals surface area contributed by atoms with Gasteiger partial charge in [0.05, 0.1) is 29.8 Å². The van der Waals surface area contributed by atoms with Gasteiger partial charge in [-0.25, -0.2) is 9.59 Å². The van der Waals surface area contributed by atoms with Crippen LogP contribution in [0.1, 0.15) is 118 Å². The summed E-state index contributed by atoms with van der Waals surface area (Å²) in [5, 5.41) is 18.6. The molecule has 2 N–H and O–H groups in total. The third-order valence-corrected chi connectivity index (χ3v) is 6.50. The Morgan fingerprint density at radius 2 is 1.26 bits per heavy atom. The Bertz CT molecular complexity index is 714. The zero-order chi connectivity index (χ0) is 25.9. The molecule has 0 aromatic heterocycles. The van der Waals surface area contributed by atoms with Crippen LogP contribution in [0.3, 0.4) is 0 Å². The number of unbranched alkanes of at least 4 members (excludes halogenated alkanes) is 10. The Labute approximate surface area is 210 Å². The molecule has 0 bridgehead atoms. The van der Waals surface area contributed by atoms with Crippen LogP contribution in [0.2, 0.25) is 0 Å². The highest BCUT2D eigenvalue weighted by Gasteiger charge is 2.29. The van der Waals surface area contributed by atoms with Crippen LogP contribution in [0.5, 0.6) is 0 Å². The van der Waals surface area contributed by atoms with Crippen LogP contribution in [0.15, 0.2) is 24.3 Å². The van der Waals surface area contributed by atoms with Crippen LogP contribution in [-0.4, -0.2) is 47.9 Å². The minimum Gasteiger partial charge on any atom is -0.465 e. The zero-order valence-electron chi connectivity index (χ0n) is 21.6. The second-order valence-electron chi connectivity index (χ2n) is 9.34. The van der Waals surface area contributed by atoms with Crippen LogP contribution in [0, 0.1) is 5.41 Å². The Hall–Kier alpha value is -2.25. The van der Waals surface area contributed by atoms with Gasteiger partial charge in [0.15, 0.2) is 0 Å². The number of esters is 3. The fourth-order valence-corrected chi connectivity index (χ4v) is 3.74. The molecule has 0 fully saturated rings. The van der Waals surface area contributed by atoms with E-state index in [1.807, 2.05) is 6.92 Å². The topological polar surface area (TPSA) is 110 Å². The van der Waals surface area contributed by atoms with Gasteiger partial charge in [-0.3, -0.25) is 4.79 Å². The van der Waals surface area contributed by atoms with E-state index in [-0.39, 0.29) is 25.8 Å². The molecule has 1 aliphatic rings. The van der Waals surface area contributed by atoms with E-state index in [2.05, 4.69) is 11.7 Å². The summed E-state index contributed by atoms with van der Waals surface area (Å²) in [4.78, 5) is 33.4. The van der Waals surface area contributed by atoms with Crippen LogP contribution < -0.4 is 0 Å². The van der Waals surface area contributed by atoms with Crippen molar-refractivity contribution in [1.29, 1.82) is 0 Å². The van der Waals surface area contributed by atoms with Crippen molar-refractivity contribution in [3.05, 3.63) is 35.4 Å². The lowest BCUT2D eigenvalue weighted by Gasteiger charge is -2.27. The predicted octanol–water partition coefficient (Wildman–Crippen LogP) is 5.61. The average Bonchev–Trinajstić information content (AvgIpc) is 3.17. The number of fused-ring (bicyclic) bond motifs is 1. The monoisotopic (exact) mass is 492 g/mol. The summed E-state index contributed by atoms with van der Waals surface area (Å²) in [6.07, 6.45) is 14.9. The number of benzene rings is 1. The van der Waals surface area contributed by atoms with Crippen LogP contribution in [0.4, 0.5) is 0 Å². The fourth-order valence-electron chi connectivity index (χ4n) is 3.74. The number of ether oxygens (including phenoxy) is 2. The number of hydrogen-bond donors (Lipinski definition) is 2. The second-order valence-corrected chi connectivity index (χ2v) is 9.34. The van der Waals surface area contributed by atoms with Crippen LogP contribution in [0.25, 0.3) is 0 Å². The van der Waals surface area contributed by atoms with E-state index in [0.717, 1.165) is 12.8 Å². The van der Waals surface area contributed by atoms with Crippen LogP contribution in [-0.2, 0) is 14.3 Å². The normalized spacial score (nSPS) is 12.6. The maximum atomic E-state index is 11.7. The van der Waals surface area contributed by atoms with Gasteiger partial charge in [-0.05, 0) is 25.0 Å². The zero-order valence-corrected chi connectivity index (χ0v) is 21.6. The number of carbonyl (C=O) groups excluding carboxylic acids is 3. The Morgan fingerprint density at radius 1 is 0.800 bits per heavy atom. The minimum atomic E-state index is -0.688. The van der Waals surface area contributed by atoms with Gasteiger partial charge in [0.1, 0.15) is 6.61 Å². The Morgan fingerprint density at radius 3 is 1.69 bits per heavy atom. The summed E-state index contributed by atoms with van der Waals surface area (Å²) in [5.74, 6) is -1.32. The maximum Gasteiger partial charge on any atom is 0.346 e. The average molecular weight is 493 g/mol. The minimum absolute atomic E-state index is 0.105. The molecule has 0 radical (unpaired) electrons. The van der Waals surface area contributed by atoms with E-state index in [9.17, 15) is 24.6 Å². The molecule has 0 saturated carbocycles. The van der Waals surface area contributed by atoms with Gasteiger partial charge < -0.3 is 19.7 Å². The molecule has 0 aliphatic carbocycles. The highest BCUT2D eigenvalue weighted by molar-refractivity contribution is 6.14. The lowest BCUT2D eigenvalue weighted by molar-refractivity contribution is -0.149. The highest BCUT2D eigenvalue weighted by atomic mass is 16.6. The van der Waals surface area contributed by atoms with Crippen molar-refractivity contribution in [2.45, 2.75) is 97.3 Å². The number of aliphatic hydroxyl groups excluding tert-OH is 2. The molecule has 198 valence electrons. The Kier molecular flexibility index (Phi) is 15.9. The smallest absolute Gasteiger partial charge is 0.346 e. The SMILES string of the molecule is CCCCCCCCCCCCCC(=O)OCC(CC)(CO)CO.O=C1OC(=O)c2ccccc21. The molecule has 0 amide bonds. The predicted molar refractivity (Wildman–Crippen MR) is 135 cm³/mol. The molecule has 1 heterocycles. The van der Waals surface area contributed by atoms with E-state index in [0.29, 0.717) is 24.0 Å². The van der Waals surface area contributed by atoms with Crippen molar-refractivity contribution in [2.75, 3.05) is 19.8 Å². The van der Waals surface area contributed by atoms with Crippen molar-refractivity contribution in [3.63, 3.8) is 0 Å². The molecule has 0 atom stereocenters. The van der Waals surface area contributed by atoms with Crippen molar-refractivity contribution in [1.82, 2.24) is 0 Å². The summed E-state index contributed by atoms with van der Waals surface area (Å²) in [5.41, 5.74) is 0.0299. The van der Waals surface area contributed by atoms with Crippen molar-refractivity contribution in [2.24, 2.45) is 5.41 Å². The first-order valence-electron chi connectivity index (χ1n) is 13.2. The molecule has 0 unspecified atom stereocenters. The first kappa shape index (κ1) is 30.8. The molecule has 1 aromatic carbocycles. The Balaban J connectivity index is 0.000000453. The number of hydrogen-bond acceptors (Lipinski definition) is 7. The summed E-state index contributed by atoms with van der Waals surface area (Å²) in [6.45, 7) is 3.91. The second kappa shape index (κ2) is 18.1. The largest absolute Gasteiger partial charge is 0.465 e. The van der Waals surface area contributed by atoms with E-state index < -0.39 is 17.4 Å². The number of cyclic esters (lactones) is 2. The fraction of sp³-hybridized carbons (Fsp3) is 0.679. The lowest BCUT2D eigenvalue weighted by Crippen LogP contribution is -2.35. The number of rotatable bonds is 17. The summed E-state index contributed by atoms with van der Waals surface area (Å²) in [6, 6.07) is 6.53. The first-order chi connectivity index (χ1) is 16.9. The highest BCUT2D eigenvalue weighted by Crippen LogP contribution is 2.21. The summed E-state index contributed by atoms with van der Waals surface area (Å²) in [7, 11) is 0. The summed E-state index contributed by atoms with van der Waals surface area (Å²) >= 11 is 0. The van der Waals surface area contributed by atoms with Crippen molar-refractivity contribution < 1.29 is 34.1 Å². The molecule has 2 rings (SSSR count). The number of aliphatic hydroxyl groups is 2. The third kappa shape index (κ3) is 11.8. The van der Waals surface area contributed by atoms with Gasteiger partial charge in [0, 0.05) is 6.42 Å². The standard InChI is InChI=1S/C20H40O4.C8H4O3/c1-3-5-6-7-8-9-10-11-12-13-14-15-19(23)24-18-20(4-2,16-21)17-22;9-7-5-3-1-2-4-6(5)8(10)11-7/h21-22H,3-18H2,1-2H3;1-4H. The van der Waals surface area contributed by atoms with Gasteiger partial charge in [-0.2, -0.15) is 0 Å². The molecule has 0 saturated heterocycles. The third-order valence-electron chi connectivity index (χ3n) is 6.50. The summed E-state index contributed by atoms with van der Waals surface area (Å²) < 4.78 is 9.57. The van der Waals surface area contributed by atoms with Gasteiger partial charge in [-0.1, -0.05) is 90.2 Å². The molecular weight excluding hydrogens is 448 g/mol. The molecule has 35 heavy (non-hydrogen) atoms. The lowest BCUT2D eigenvalue weighted by atomic mass is 9.88. The molecular formula is C28H44O7. The van der Waals surface area contributed by atoms with Crippen LogP contribution >= 0.6 is 0 Å². The van der Waals surface area contributed by atoms with Gasteiger partial charge >= 0.3 is 17.9 Å². The molecule has 7 nitrogen and oxygen atoms in total. The number of carbonyl (C=O) groups is 3. The van der Waals surface area contributed by atoms with Crippen molar-refractivity contribution >= 4 is 17.9 Å². The van der Waals surface area contributed by atoms with E-state index in [4.69, 9.17) is 4.74 Å². The van der Waals surface area contributed by atoms with Crippen molar-refractivity contribution in [3.8, 4) is 0 Å². The quantitative estimate of drug-likeness (QED) is 0.165. The van der Waals surface area contributed by atoms with Gasteiger partial charge in [0.25, 0.3) is 0 Å². The molecule has 0 spiro atoms. The first-order valence-corrected chi connectivity index (χ1v) is 13.2. The molecule has 1 aromatic rings. The van der Waals surface area contributed by atoms with E-state index in [1.165, 1.54) is 57.8 Å². The van der Waals surface area contributed by atoms with E-state index in [1.54, 1.807) is 24.3 Å². The molecule has 7 heteroatoms. The maximum absolute atomic E-state index is 11.7. The molecule has 1 aliphatic heterocycles. The van der Waals surface area contributed by atoms with Gasteiger partial charge in [0.2, 0.25) is 0 Å². The van der Waals surface area contributed by atoms with E-state index >= 15 is 0 Å². The van der Waals surface area contributed by atoms with Gasteiger partial charge in [-0.15, -0.1) is 0 Å².